The topological polar surface area (TPSA) is 42.7 Å². The number of rotatable bonds is 4. The number of hydrogen-bond acceptors (Lipinski definition) is 3. The molecule has 0 fully saturated rings. The third-order valence-electron chi connectivity index (χ3n) is 2.80. The van der Waals surface area contributed by atoms with Crippen molar-refractivity contribution < 1.29 is 13.9 Å². The van der Waals surface area contributed by atoms with Crippen LogP contribution in [0.5, 0.6) is 5.75 Å². The number of hydrogen-bond donors (Lipinski definition) is 0. The van der Waals surface area contributed by atoms with Gasteiger partial charge in [-0.3, -0.25) is 4.79 Å². The van der Waals surface area contributed by atoms with E-state index in [4.69, 9.17) is 32.4 Å². The largest absolute Gasteiger partial charge is 0.494 e. The summed E-state index contributed by atoms with van der Waals surface area (Å²) in [7, 11) is 3.10. The van der Waals surface area contributed by atoms with Gasteiger partial charge in [-0.05, 0) is 24.3 Å². The van der Waals surface area contributed by atoms with Crippen LogP contribution in [0.25, 0.3) is 0 Å². The van der Waals surface area contributed by atoms with Crippen LogP contribution in [0.1, 0.15) is 16.1 Å². The van der Waals surface area contributed by atoms with Crippen LogP contribution < -0.4 is 4.74 Å². The number of benzene rings is 1. The predicted octanol–water partition coefficient (Wildman–Crippen LogP) is 3.87. The fourth-order valence-corrected chi connectivity index (χ4v) is 2.30. The van der Waals surface area contributed by atoms with Crippen molar-refractivity contribution in [3.63, 3.8) is 0 Å². The standard InChI is InChI=1S/C14H13Cl2NO3/c1-17(8-9-4-3-7-20-9)14(18)12-10(15)5-6-11(16)13(12)19-2/h3-7H,8H2,1-2H3. The molecule has 0 unspecified atom stereocenters. The molecule has 0 bridgehead atoms. The first-order chi connectivity index (χ1) is 9.54. The number of nitrogens with zero attached hydrogens (tertiary/aromatic N) is 1. The normalized spacial score (nSPS) is 10.4. The van der Waals surface area contributed by atoms with Crippen LogP contribution in [-0.2, 0) is 6.54 Å². The van der Waals surface area contributed by atoms with Crippen molar-refractivity contribution in [3.8, 4) is 5.75 Å². The van der Waals surface area contributed by atoms with Crippen LogP contribution in [0, 0.1) is 0 Å². The molecular formula is C14H13Cl2NO3. The van der Waals surface area contributed by atoms with Gasteiger partial charge in [0, 0.05) is 7.05 Å². The van der Waals surface area contributed by atoms with Gasteiger partial charge >= 0.3 is 0 Å². The van der Waals surface area contributed by atoms with E-state index in [0.717, 1.165) is 0 Å². The molecule has 2 rings (SSSR count). The third kappa shape index (κ3) is 2.92. The summed E-state index contributed by atoms with van der Waals surface area (Å²) in [6.45, 7) is 0.331. The van der Waals surface area contributed by atoms with Crippen LogP contribution in [0.3, 0.4) is 0 Å². The van der Waals surface area contributed by atoms with Crippen molar-refractivity contribution in [1.82, 2.24) is 4.90 Å². The highest BCUT2D eigenvalue weighted by Crippen LogP contribution is 2.34. The molecule has 0 N–H and O–H groups in total. The lowest BCUT2D eigenvalue weighted by atomic mass is 10.1. The molecule has 106 valence electrons. The molecule has 1 aromatic carbocycles. The second-order valence-electron chi connectivity index (χ2n) is 4.18. The second-order valence-corrected chi connectivity index (χ2v) is 4.99. The van der Waals surface area contributed by atoms with E-state index in [2.05, 4.69) is 0 Å². The molecule has 0 spiro atoms. The van der Waals surface area contributed by atoms with Gasteiger partial charge in [-0.25, -0.2) is 0 Å². The van der Waals surface area contributed by atoms with Crippen LogP contribution in [0.15, 0.2) is 34.9 Å². The third-order valence-corrected chi connectivity index (χ3v) is 3.41. The van der Waals surface area contributed by atoms with Gasteiger partial charge in [-0.2, -0.15) is 0 Å². The Morgan fingerprint density at radius 3 is 2.60 bits per heavy atom. The Balaban J connectivity index is 2.31. The molecule has 0 aliphatic carbocycles. The van der Waals surface area contributed by atoms with Crippen molar-refractivity contribution in [2.24, 2.45) is 0 Å². The highest BCUT2D eigenvalue weighted by molar-refractivity contribution is 6.37. The maximum atomic E-state index is 12.5. The Morgan fingerprint density at radius 1 is 1.30 bits per heavy atom. The van der Waals surface area contributed by atoms with Gasteiger partial charge < -0.3 is 14.1 Å². The number of amides is 1. The molecule has 0 aliphatic rings. The summed E-state index contributed by atoms with van der Waals surface area (Å²) in [6.07, 6.45) is 1.56. The zero-order valence-corrected chi connectivity index (χ0v) is 12.5. The average molecular weight is 314 g/mol. The van der Waals surface area contributed by atoms with Gasteiger partial charge in [0.25, 0.3) is 5.91 Å². The molecule has 1 aromatic heterocycles. The molecule has 0 radical (unpaired) electrons. The fraction of sp³-hybridized carbons (Fsp3) is 0.214. The maximum Gasteiger partial charge on any atom is 0.259 e. The summed E-state index contributed by atoms with van der Waals surface area (Å²) in [5.74, 6) is 0.666. The predicted molar refractivity (Wildman–Crippen MR) is 77.5 cm³/mol. The van der Waals surface area contributed by atoms with Crippen molar-refractivity contribution in [1.29, 1.82) is 0 Å². The maximum absolute atomic E-state index is 12.5. The van der Waals surface area contributed by atoms with Gasteiger partial charge in [0.1, 0.15) is 11.3 Å². The van der Waals surface area contributed by atoms with E-state index in [0.29, 0.717) is 22.4 Å². The Bertz CT molecular complexity index is 611. The summed E-state index contributed by atoms with van der Waals surface area (Å²) in [4.78, 5) is 14.0. The van der Waals surface area contributed by atoms with Crippen molar-refractivity contribution >= 4 is 29.1 Å². The Labute approximate surface area is 126 Å². The molecule has 20 heavy (non-hydrogen) atoms. The van der Waals surface area contributed by atoms with E-state index >= 15 is 0 Å². The van der Waals surface area contributed by atoms with Crippen LogP contribution >= 0.6 is 23.2 Å². The number of carbonyl (C=O) groups is 1. The minimum absolute atomic E-state index is 0.246. The van der Waals surface area contributed by atoms with Gasteiger partial charge in [-0.15, -0.1) is 0 Å². The SMILES string of the molecule is COc1c(Cl)ccc(Cl)c1C(=O)N(C)Cc1ccco1. The van der Waals surface area contributed by atoms with Crippen molar-refractivity contribution in [3.05, 3.63) is 51.9 Å². The molecule has 1 amide bonds. The minimum atomic E-state index is -0.286. The molecule has 6 heteroatoms. The number of ether oxygens (including phenoxy) is 1. The van der Waals surface area contributed by atoms with Gasteiger partial charge in [0.15, 0.2) is 5.75 Å². The Morgan fingerprint density at radius 2 is 2.00 bits per heavy atom. The van der Waals surface area contributed by atoms with E-state index in [1.807, 2.05) is 0 Å². The first-order valence-corrected chi connectivity index (χ1v) is 6.60. The van der Waals surface area contributed by atoms with E-state index < -0.39 is 0 Å². The van der Waals surface area contributed by atoms with Crippen LogP contribution in [0.4, 0.5) is 0 Å². The lowest BCUT2D eigenvalue weighted by Crippen LogP contribution is -2.26. The fourth-order valence-electron chi connectivity index (χ4n) is 1.83. The second kappa shape index (κ2) is 6.20. The molecule has 0 saturated carbocycles. The van der Waals surface area contributed by atoms with Gasteiger partial charge in [0.2, 0.25) is 0 Å². The van der Waals surface area contributed by atoms with E-state index in [1.165, 1.54) is 12.0 Å². The highest BCUT2D eigenvalue weighted by Gasteiger charge is 2.22. The molecule has 4 nitrogen and oxygen atoms in total. The van der Waals surface area contributed by atoms with Crippen LogP contribution in [0.2, 0.25) is 10.0 Å². The highest BCUT2D eigenvalue weighted by atomic mass is 35.5. The minimum Gasteiger partial charge on any atom is -0.494 e. The van der Waals surface area contributed by atoms with E-state index in [9.17, 15) is 4.79 Å². The molecule has 0 atom stereocenters. The first kappa shape index (κ1) is 14.8. The van der Waals surface area contributed by atoms with E-state index in [-0.39, 0.29) is 17.2 Å². The lowest BCUT2D eigenvalue weighted by Gasteiger charge is -2.19. The van der Waals surface area contributed by atoms with Crippen molar-refractivity contribution in [2.75, 3.05) is 14.2 Å². The summed E-state index contributed by atoms with van der Waals surface area (Å²) < 4.78 is 10.4. The quantitative estimate of drug-likeness (QED) is 0.860. The van der Waals surface area contributed by atoms with Crippen molar-refractivity contribution in [2.45, 2.75) is 6.54 Å². The molecule has 0 aliphatic heterocycles. The van der Waals surface area contributed by atoms with Crippen LogP contribution in [-0.4, -0.2) is 25.0 Å². The number of furan rings is 1. The summed E-state index contributed by atoms with van der Waals surface area (Å²) in [6, 6.07) is 6.72. The Kier molecular flexibility index (Phi) is 4.57. The summed E-state index contributed by atoms with van der Waals surface area (Å²) in [5.41, 5.74) is 0.246. The Hall–Kier alpha value is -1.65. The molecular weight excluding hydrogens is 301 g/mol. The monoisotopic (exact) mass is 313 g/mol. The number of carbonyl (C=O) groups excluding carboxylic acids is 1. The zero-order chi connectivity index (χ0) is 14.7. The number of halogens is 2. The average Bonchev–Trinajstić information content (AvgIpc) is 2.93. The van der Waals surface area contributed by atoms with E-state index in [1.54, 1.807) is 37.6 Å². The first-order valence-electron chi connectivity index (χ1n) is 5.84. The summed E-state index contributed by atoms with van der Waals surface area (Å²) >= 11 is 12.1. The lowest BCUT2D eigenvalue weighted by molar-refractivity contribution is 0.0772. The summed E-state index contributed by atoms with van der Waals surface area (Å²) in [5, 5.41) is 0.634. The molecule has 2 aromatic rings. The smallest absolute Gasteiger partial charge is 0.259 e. The van der Waals surface area contributed by atoms with Gasteiger partial charge in [0.05, 0.1) is 30.0 Å². The number of methoxy groups -OCH3 is 1. The molecule has 1 heterocycles. The molecule has 0 saturated heterocycles. The zero-order valence-electron chi connectivity index (χ0n) is 11.0. The van der Waals surface area contributed by atoms with Gasteiger partial charge in [-0.1, -0.05) is 23.2 Å².